The van der Waals surface area contributed by atoms with E-state index in [9.17, 15) is 9.90 Å². The molecule has 1 heterocycles. The molecule has 2 saturated carbocycles. The van der Waals surface area contributed by atoms with Crippen LogP contribution in [0.3, 0.4) is 0 Å². The third-order valence-electron chi connectivity index (χ3n) is 5.35. The number of hydrogen-bond donors (Lipinski definition) is 1. The molecule has 1 aromatic heterocycles. The Morgan fingerprint density at radius 1 is 1.35 bits per heavy atom. The van der Waals surface area contributed by atoms with Crippen LogP contribution in [0.5, 0.6) is 0 Å². The van der Waals surface area contributed by atoms with Crippen molar-refractivity contribution in [1.82, 2.24) is 20.2 Å². The summed E-state index contributed by atoms with van der Waals surface area (Å²) >= 11 is 0. The lowest BCUT2D eigenvalue weighted by Crippen LogP contribution is -2.42. The third-order valence-corrected chi connectivity index (χ3v) is 5.35. The molecule has 1 atom stereocenters. The summed E-state index contributed by atoms with van der Waals surface area (Å²) in [5.41, 5.74) is -0.449. The van der Waals surface area contributed by atoms with E-state index in [1.165, 1.54) is 12.8 Å². The molecule has 0 aromatic carbocycles. The Kier molecular flexibility index (Phi) is 3.06. The summed E-state index contributed by atoms with van der Waals surface area (Å²) in [4.78, 5) is 11.5. The number of rotatable bonds is 4. The average molecular weight is 278 g/mol. The van der Waals surface area contributed by atoms with Gasteiger partial charge in [-0.1, -0.05) is 26.7 Å². The summed E-state index contributed by atoms with van der Waals surface area (Å²) in [6, 6.07) is 0. The van der Waals surface area contributed by atoms with Crippen molar-refractivity contribution in [2.24, 2.45) is 10.8 Å². The van der Waals surface area contributed by atoms with E-state index in [0.717, 1.165) is 31.5 Å². The smallest absolute Gasteiger partial charge is 0.311 e. The van der Waals surface area contributed by atoms with E-state index in [1.54, 1.807) is 4.68 Å². The summed E-state index contributed by atoms with van der Waals surface area (Å²) in [6.07, 6.45) is 5.90. The van der Waals surface area contributed by atoms with Crippen molar-refractivity contribution in [3.8, 4) is 0 Å². The Bertz CT molecular complexity index is 519. The molecule has 2 aliphatic carbocycles. The van der Waals surface area contributed by atoms with Gasteiger partial charge in [-0.05, 0) is 41.5 Å². The fourth-order valence-corrected chi connectivity index (χ4v) is 3.71. The van der Waals surface area contributed by atoms with Gasteiger partial charge in [0.25, 0.3) is 0 Å². The first-order valence-corrected chi connectivity index (χ1v) is 7.44. The van der Waals surface area contributed by atoms with Gasteiger partial charge in [0.2, 0.25) is 0 Å². The molecule has 1 aromatic rings. The molecule has 2 aliphatic rings. The molecule has 6 nitrogen and oxygen atoms in total. The maximum Gasteiger partial charge on any atom is 0.311 e. The summed E-state index contributed by atoms with van der Waals surface area (Å²) < 4.78 is 1.75. The monoisotopic (exact) mass is 278 g/mol. The van der Waals surface area contributed by atoms with Gasteiger partial charge in [-0.15, -0.1) is 5.10 Å². The minimum Gasteiger partial charge on any atom is -0.481 e. The van der Waals surface area contributed by atoms with Crippen molar-refractivity contribution in [3.05, 3.63) is 5.82 Å². The van der Waals surface area contributed by atoms with Gasteiger partial charge in [0.05, 0.1) is 12.0 Å². The Morgan fingerprint density at radius 2 is 2.10 bits per heavy atom. The zero-order valence-corrected chi connectivity index (χ0v) is 12.2. The maximum absolute atomic E-state index is 11.5. The van der Waals surface area contributed by atoms with Crippen LogP contribution in [0.15, 0.2) is 0 Å². The number of tetrazole rings is 1. The molecule has 110 valence electrons. The predicted molar refractivity (Wildman–Crippen MR) is 72.1 cm³/mol. The van der Waals surface area contributed by atoms with Crippen LogP contribution in [0, 0.1) is 10.8 Å². The molecule has 3 rings (SSSR count). The summed E-state index contributed by atoms with van der Waals surface area (Å²) in [5.74, 6) is 0.499. The largest absolute Gasteiger partial charge is 0.481 e. The van der Waals surface area contributed by atoms with E-state index >= 15 is 0 Å². The van der Waals surface area contributed by atoms with E-state index < -0.39 is 11.4 Å². The van der Waals surface area contributed by atoms with Crippen LogP contribution < -0.4 is 0 Å². The first kappa shape index (κ1) is 13.5. The van der Waals surface area contributed by atoms with Gasteiger partial charge in [-0.25, -0.2) is 4.68 Å². The molecule has 1 N–H and O–H groups in total. The molecule has 0 saturated heterocycles. The second kappa shape index (κ2) is 4.53. The number of aromatic nitrogens is 4. The van der Waals surface area contributed by atoms with E-state index in [0.29, 0.717) is 12.5 Å². The fraction of sp³-hybridized carbons (Fsp3) is 0.857. The molecule has 1 unspecified atom stereocenters. The normalized spacial score (nSPS) is 27.2. The number of hydrogen-bond acceptors (Lipinski definition) is 4. The van der Waals surface area contributed by atoms with Crippen LogP contribution in [-0.2, 0) is 11.3 Å². The highest BCUT2D eigenvalue weighted by atomic mass is 16.4. The van der Waals surface area contributed by atoms with Gasteiger partial charge < -0.3 is 5.11 Å². The quantitative estimate of drug-likeness (QED) is 0.913. The average Bonchev–Trinajstić information content (AvgIpc) is 2.88. The Hall–Kier alpha value is -1.46. The van der Waals surface area contributed by atoms with Crippen LogP contribution in [0.25, 0.3) is 0 Å². The number of nitrogens with zero attached hydrogens (tertiary/aromatic N) is 4. The highest BCUT2D eigenvalue weighted by molar-refractivity contribution is 5.75. The molecular formula is C14H22N4O2. The second-order valence-electron chi connectivity index (χ2n) is 7.07. The lowest BCUT2D eigenvalue weighted by molar-refractivity contribution is -0.156. The molecule has 0 aliphatic heterocycles. The second-order valence-corrected chi connectivity index (χ2v) is 7.07. The van der Waals surface area contributed by atoms with Gasteiger partial charge in [0, 0.05) is 5.92 Å². The van der Waals surface area contributed by atoms with Crippen LogP contribution in [0.4, 0.5) is 0 Å². The topological polar surface area (TPSA) is 80.9 Å². The van der Waals surface area contributed by atoms with Gasteiger partial charge in [-0.2, -0.15) is 0 Å². The SMILES string of the molecule is CC1(C)CCCC1c1nnnn1CC1(C(=O)O)CCC1. The van der Waals surface area contributed by atoms with Crippen molar-refractivity contribution in [3.63, 3.8) is 0 Å². The Morgan fingerprint density at radius 3 is 2.60 bits per heavy atom. The molecular weight excluding hydrogens is 256 g/mol. The third kappa shape index (κ3) is 2.01. The highest BCUT2D eigenvalue weighted by Gasteiger charge is 2.46. The number of aliphatic carboxylic acids is 1. The Balaban J connectivity index is 1.86. The first-order valence-electron chi connectivity index (χ1n) is 7.44. The molecule has 0 bridgehead atoms. The van der Waals surface area contributed by atoms with E-state index in [-0.39, 0.29) is 5.41 Å². The molecule has 0 radical (unpaired) electrons. The van der Waals surface area contributed by atoms with Crippen molar-refractivity contribution in [2.75, 3.05) is 0 Å². The molecule has 0 spiro atoms. The van der Waals surface area contributed by atoms with Gasteiger partial charge >= 0.3 is 5.97 Å². The number of carboxylic acids is 1. The molecule has 2 fully saturated rings. The minimum absolute atomic E-state index is 0.197. The standard InChI is InChI=1S/C14H22N4O2/c1-13(2)6-3-5-10(13)11-15-16-17-18(11)9-14(12(19)20)7-4-8-14/h10H,3-9H2,1-2H3,(H,19,20). The lowest BCUT2D eigenvalue weighted by atomic mass is 9.68. The number of carboxylic acid groups (broad SMARTS) is 1. The summed E-state index contributed by atoms with van der Waals surface area (Å²) in [7, 11) is 0. The van der Waals surface area contributed by atoms with Crippen LogP contribution in [0.2, 0.25) is 0 Å². The van der Waals surface area contributed by atoms with Gasteiger partial charge in [-0.3, -0.25) is 4.79 Å². The van der Waals surface area contributed by atoms with Crippen LogP contribution >= 0.6 is 0 Å². The maximum atomic E-state index is 11.5. The van der Waals surface area contributed by atoms with Gasteiger partial charge in [0.15, 0.2) is 5.82 Å². The summed E-state index contributed by atoms with van der Waals surface area (Å²) in [5, 5.41) is 21.5. The van der Waals surface area contributed by atoms with Crippen LogP contribution in [0.1, 0.15) is 64.1 Å². The number of carbonyl (C=O) groups is 1. The van der Waals surface area contributed by atoms with Crippen molar-refractivity contribution in [1.29, 1.82) is 0 Å². The first-order chi connectivity index (χ1) is 9.45. The molecule has 0 amide bonds. The summed E-state index contributed by atoms with van der Waals surface area (Å²) in [6.45, 7) is 4.91. The van der Waals surface area contributed by atoms with Crippen molar-refractivity contribution < 1.29 is 9.90 Å². The van der Waals surface area contributed by atoms with E-state index in [2.05, 4.69) is 29.4 Å². The Labute approximate surface area is 118 Å². The van der Waals surface area contributed by atoms with Gasteiger partial charge in [0.1, 0.15) is 0 Å². The lowest BCUT2D eigenvalue weighted by Gasteiger charge is -2.37. The van der Waals surface area contributed by atoms with Crippen molar-refractivity contribution in [2.45, 2.75) is 64.8 Å². The predicted octanol–water partition coefficient (Wildman–Crippen LogP) is 2.22. The van der Waals surface area contributed by atoms with Crippen molar-refractivity contribution >= 4 is 5.97 Å². The molecule has 6 heteroatoms. The van der Waals surface area contributed by atoms with E-state index in [1.807, 2.05) is 0 Å². The fourth-order valence-electron chi connectivity index (χ4n) is 3.71. The highest BCUT2D eigenvalue weighted by Crippen LogP contribution is 2.49. The zero-order chi connectivity index (χ0) is 14.4. The van der Waals surface area contributed by atoms with E-state index in [4.69, 9.17) is 0 Å². The zero-order valence-electron chi connectivity index (χ0n) is 12.2. The van der Waals surface area contributed by atoms with Crippen LogP contribution in [-0.4, -0.2) is 31.3 Å². The minimum atomic E-state index is -0.712. The molecule has 20 heavy (non-hydrogen) atoms.